The van der Waals surface area contributed by atoms with Crippen LogP contribution in [0.15, 0.2) is 17.3 Å². The predicted molar refractivity (Wildman–Crippen MR) is 74.8 cm³/mol. The molecular weight excluding hydrogens is 248 g/mol. The van der Waals surface area contributed by atoms with E-state index in [1.54, 1.807) is 30.9 Å². The number of pyridine rings is 1. The second-order valence-electron chi connectivity index (χ2n) is 4.37. The highest BCUT2D eigenvalue weighted by Crippen LogP contribution is 2.24. The zero-order valence-corrected chi connectivity index (χ0v) is 11.9. The Hall–Kier alpha value is -1.23. The van der Waals surface area contributed by atoms with Crippen molar-refractivity contribution in [3.63, 3.8) is 0 Å². The Morgan fingerprint density at radius 2 is 2.28 bits per heavy atom. The van der Waals surface area contributed by atoms with Crippen molar-refractivity contribution in [2.24, 2.45) is 5.92 Å². The predicted octanol–water partition coefficient (Wildman–Crippen LogP) is 2.98. The summed E-state index contributed by atoms with van der Waals surface area (Å²) in [6.07, 6.45) is 2.65. The number of anilines is 1. The highest BCUT2D eigenvalue weighted by molar-refractivity contribution is 7.99. The van der Waals surface area contributed by atoms with Gasteiger partial charge in [0.1, 0.15) is 5.03 Å². The first-order valence-corrected chi connectivity index (χ1v) is 7.08. The van der Waals surface area contributed by atoms with Crippen LogP contribution in [0, 0.1) is 5.92 Å². The Morgan fingerprint density at radius 3 is 2.89 bits per heavy atom. The number of hydrogen-bond donors (Lipinski definition) is 1. The lowest BCUT2D eigenvalue weighted by atomic mass is 10.2. The zero-order valence-electron chi connectivity index (χ0n) is 11.1. The fraction of sp³-hybridized carbons (Fsp3) is 0.538. The average molecular weight is 268 g/mol. The van der Waals surface area contributed by atoms with Crippen LogP contribution in [0.25, 0.3) is 0 Å². The van der Waals surface area contributed by atoms with Crippen molar-refractivity contribution in [1.82, 2.24) is 4.98 Å². The summed E-state index contributed by atoms with van der Waals surface area (Å²) in [5.41, 5.74) is 6.60. The Morgan fingerprint density at radius 1 is 1.56 bits per heavy atom. The van der Waals surface area contributed by atoms with Crippen molar-refractivity contribution in [3.05, 3.63) is 17.8 Å². The number of hydrogen-bond acceptors (Lipinski definition) is 5. The number of ether oxygens (including phenoxy) is 1. The van der Waals surface area contributed by atoms with Crippen molar-refractivity contribution in [3.8, 4) is 0 Å². The van der Waals surface area contributed by atoms with Crippen LogP contribution in [0.3, 0.4) is 0 Å². The maximum Gasteiger partial charge on any atom is 0.340 e. The topological polar surface area (TPSA) is 65.2 Å². The summed E-state index contributed by atoms with van der Waals surface area (Å²) in [7, 11) is 0. The number of esters is 1. The minimum Gasteiger partial charge on any atom is -0.462 e. The van der Waals surface area contributed by atoms with Crippen molar-refractivity contribution in [2.75, 3.05) is 18.1 Å². The molecule has 0 aliphatic carbocycles. The lowest BCUT2D eigenvalue weighted by Crippen LogP contribution is -2.08. The van der Waals surface area contributed by atoms with Gasteiger partial charge in [-0.2, -0.15) is 0 Å². The molecule has 0 unspecified atom stereocenters. The molecule has 5 heteroatoms. The molecule has 0 spiro atoms. The molecule has 1 aromatic rings. The monoisotopic (exact) mass is 268 g/mol. The lowest BCUT2D eigenvalue weighted by Gasteiger charge is -2.09. The van der Waals surface area contributed by atoms with Gasteiger partial charge in [-0.3, -0.25) is 0 Å². The number of aromatic nitrogens is 1. The van der Waals surface area contributed by atoms with Gasteiger partial charge in [0.25, 0.3) is 0 Å². The fourth-order valence-electron chi connectivity index (χ4n) is 1.33. The van der Waals surface area contributed by atoms with Gasteiger partial charge in [-0.05, 0) is 31.1 Å². The van der Waals surface area contributed by atoms with Gasteiger partial charge in [0, 0.05) is 0 Å². The molecule has 0 atom stereocenters. The van der Waals surface area contributed by atoms with E-state index in [1.165, 1.54) is 0 Å². The average Bonchev–Trinajstić information content (AvgIpc) is 2.31. The third-order valence-corrected chi connectivity index (χ3v) is 3.34. The lowest BCUT2D eigenvalue weighted by molar-refractivity contribution is 0.0521. The Kier molecular flexibility index (Phi) is 5.98. The number of carbonyl (C=O) groups is 1. The molecule has 0 aromatic carbocycles. The van der Waals surface area contributed by atoms with Crippen LogP contribution in [0.2, 0.25) is 0 Å². The van der Waals surface area contributed by atoms with E-state index in [2.05, 4.69) is 18.8 Å². The van der Waals surface area contributed by atoms with E-state index in [-0.39, 0.29) is 5.97 Å². The van der Waals surface area contributed by atoms with E-state index in [9.17, 15) is 4.79 Å². The second kappa shape index (κ2) is 7.26. The van der Waals surface area contributed by atoms with Crippen LogP contribution < -0.4 is 5.73 Å². The molecule has 0 saturated heterocycles. The smallest absolute Gasteiger partial charge is 0.340 e. The summed E-state index contributed by atoms with van der Waals surface area (Å²) < 4.78 is 5.00. The van der Waals surface area contributed by atoms with E-state index < -0.39 is 0 Å². The summed E-state index contributed by atoms with van der Waals surface area (Å²) in [6, 6.07) is 1.63. The van der Waals surface area contributed by atoms with Gasteiger partial charge < -0.3 is 10.5 Å². The third-order valence-electron chi connectivity index (χ3n) is 2.30. The van der Waals surface area contributed by atoms with E-state index in [0.29, 0.717) is 28.8 Å². The molecule has 1 rings (SSSR count). The first-order chi connectivity index (χ1) is 8.54. The van der Waals surface area contributed by atoms with Gasteiger partial charge in [-0.15, -0.1) is 11.8 Å². The molecular formula is C13H20N2O2S. The number of nitrogens with two attached hydrogens (primary N) is 1. The summed E-state index contributed by atoms with van der Waals surface area (Å²) in [5, 5.41) is 0.698. The highest BCUT2D eigenvalue weighted by Gasteiger charge is 2.14. The van der Waals surface area contributed by atoms with Crippen molar-refractivity contribution in [2.45, 2.75) is 32.2 Å². The molecule has 0 bridgehead atoms. The molecule has 2 N–H and O–H groups in total. The number of nitrogen functional groups attached to an aromatic ring is 1. The molecule has 0 amide bonds. The van der Waals surface area contributed by atoms with Gasteiger partial charge in [0.2, 0.25) is 0 Å². The van der Waals surface area contributed by atoms with Crippen LogP contribution in [0.4, 0.5) is 5.69 Å². The SMILES string of the molecule is CCOC(=O)c1cc(N)cnc1SCCC(C)C. The minimum atomic E-state index is -0.357. The molecule has 1 aromatic heterocycles. The van der Waals surface area contributed by atoms with Gasteiger partial charge >= 0.3 is 5.97 Å². The fourth-order valence-corrected chi connectivity index (χ4v) is 2.54. The summed E-state index contributed by atoms with van der Waals surface area (Å²) in [5.74, 6) is 1.21. The normalized spacial score (nSPS) is 10.7. The van der Waals surface area contributed by atoms with Crippen molar-refractivity contribution >= 4 is 23.4 Å². The molecule has 0 fully saturated rings. The maximum absolute atomic E-state index is 11.8. The molecule has 0 aliphatic rings. The molecule has 0 aliphatic heterocycles. The molecule has 0 saturated carbocycles. The quantitative estimate of drug-likeness (QED) is 0.634. The molecule has 0 radical (unpaired) electrons. The van der Waals surface area contributed by atoms with Crippen LogP contribution in [0.1, 0.15) is 37.6 Å². The summed E-state index contributed by atoms with van der Waals surface area (Å²) in [6.45, 7) is 6.47. The number of nitrogens with zero attached hydrogens (tertiary/aromatic N) is 1. The van der Waals surface area contributed by atoms with Crippen LogP contribution >= 0.6 is 11.8 Å². The number of rotatable bonds is 6. The van der Waals surface area contributed by atoms with Gasteiger partial charge in [0.05, 0.1) is 24.1 Å². The Balaban J connectivity index is 2.79. The van der Waals surface area contributed by atoms with Gasteiger partial charge in [0.15, 0.2) is 0 Å². The number of carbonyl (C=O) groups excluding carboxylic acids is 1. The highest BCUT2D eigenvalue weighted by atomic mass is 32.2. The molecule has 18 heavy (non-hydrogen) atoms. The van der Waals surface area contributed by atoms with Crippen LogP contribution in [-0.2, 0) is 4.74 Å². The molecule has 1 heterocycles. The Labute approximate surface area is 112 Å². The van der Waals surface area contributed by atoms with Crippen molar-refractivity contribution in [1.29, 1.82) is 0 Å². The van der Waals surface area contributed by atoms with Crippen LogP contribution in [-0.4, -0.2) is 23.3 Å². The zero-order chi connectivity index (χ0) is 13.5. The number of thioether (sulfide) groups is 1. The van der Waals surface area contributed by atoms with E-state index in [0.717, 1.165) is 12.2 Å². The molecule has 4 nitrogen and oxygen atoms in total. The van der Waals surface area contributed by atoms with Gasteiger partial charge in [-0.25, -0.2) is 9.78 Å². The third kappa shape index (κ3) is 4.56. The first-order valence-electron chi connectivity index (χ1n) is 6.10. The van der Waals surface area contributed by atoms with Gasteiger partial charge in [-0.1, -0.05) is 13.8 Å². The van der Waals surface area contributed by atoms with E-state index in [4.69, 9.17) is 10.5 Å². The molecule has 100 valence electrons. The summed E-state index contributed by atoms with van der Waals surface area (Å²) in [4.78, 5) is 16.0. The van der Waals surface area contributed by atoms with E-state index >= 15 is 0 Å². The minimum absolute atomic E-state index is 0.351. The van der Waals surface area contributed by atoms with E-state index in [1.807, 2.05) is 0 Å². The Bertz CT molecular complexity index is 408. The standard InChI is InChI=1S/C13H20N2O2S/c1-4-17-13(16)11-7-10(14)8-15-12(11)18-6-5-9(2)3/h7-9H,4-6,14H2,1-3H3. The maximum atomic E-state index is 11.8. The summed E-state index contributed by atoms with van der Waals surface area (Å²) >= 11 is 1.57. The second-order valence-corrected chi connectivity index (χ2v) is 5.46. The van der Waals surface area contributed by atoms with Crippen LogP contribution in [0.5, 0.6) is 0 Å². The van der Waals surface area contributed by atoms with Crippen molar-refractivity contribution < 1.29 is 9.53 Å². The first kappa shape index (κ1) is 14.8. The largest absolute Gasteiger partial charge is 0.462 e.